The fourth-order valence-corrected chi connectivity index (χ4v) is 4.57. The first-order valence-electron chi connectivity index (χ1n) is 8.55. The Morgan fingerprint density at radius 2 is 0.720 bits per heavy atom. The van der Waals surface area contributed by atoms with Crippen LogP contribution in [-0.4, -0.2) is 9.52 Å². The molecule has 4 aromatic carbocycles. The van der Waals surface area contributed by atoms with Crippen molar-refractivity contribution >= 4 is 19.9 Å². The van der Waals surface area contributed by atoms with E-state index in [0.717, 1.165) is 0 Å². The number of hydrogen-bond donors (Lipinski definition) is 0. The molecule has 0 saturated carbocycles. The monoisotopic (exact) mass is 332 g/mol. The Bertz CT molecular complexity index is 957. The molecular weight excluding hydrogens is 316 g/mol. The zero-order valence-electron chi connectivity index (χ0n) is 13.7. The third-order valence-corrected chi connectivity index (χ3v) is 6.07. The van der Waals surface area contributed by atoms with Gasteiger partial charge in [0.15, 0.2) is 0 Å². The van der Waals surface area contributed by atoms with Gasteiger partial charge in [0, 0.05) is 0 Å². The summed E-state index contributed by atoms with van der Waals surface area (Å²) < 4.78 is 0. The Kier molecular flexibility index (Phi) is 3.39. The normalized spacial score (nSPS) is 11.8. The summed E-state index contributed by atoms with van der Waals surface area (Å²) in [4.78, 5) is 0. The van der Waals surface area contributed by atoms with Gasteiger partial charge < -0.3 is 0 Å². The second-order valence-electron chi connectivity index (χ2n) is 6.37. The third-order valence-electron chi connectivity index (χ3n) is 4.82. The zero-order chi connectivity index (χ0) is 16.6. The van der Waals surface area contributed by atoms with Gasteiger partial charge in [-0.25, -0.2) is 0 Å². The molecular formula is C24H16Si. The van der Waals surface area contributed by atoms with Crippen LogP contribution in [-0.2, 0) is 0 Å². The van der Waals surface area contributed by atoms with Crippen LogP contribution in [0.1, 0.15) is 0 Å². The summed E-state index contributed by atoms with van der Waals surface area (Å²) in [6, 6.07) is 35.5. The summed E-state index contributed by atoms with van der Waals surface area (Å²) in [5.74, 6) is 0. The van der Waals surface area contributed by atoms with Gasteiger partial charge >= 0.3 is 0 Å². The van der Waals surface area contributed by atoms with Crippen LogP contribution in [0, 0.1) is 0 Å². The van der Waals surface area contributed by atoms with Crippen LogP contribution in [0.5, 0.6) is 0 Å². The standard InChI is InChI=1S/C24H16Si/c1-3-7-23-21(5-1)17-9-13-19(14-10-17)25-20-15-11-18(12-16-20)22-6-2-4-8-24(22)23/h1-16H. The van der Waals surface area contributed by atoms with Gasteiger partial charge in [0.25, 0.3) is 0 Å². The van der Waals surface area contributed by atoms with Crippen molar-refractivity contribution in [3.8, 4) is 33.4 Å². The largest absolute Gasteiger partial charge is 0.121 e. The highest BCUT2D eigenvalue weighted by Gasteiger charge is 2.13. The van der Waals surface area contributed by atoms with Gasteiger partial charge in [0.1, 0.15) is 9.52 Å². The van der Waals surface area contributed by atoms with E-state index >= 15 is 0 Å². The van der Waals surface area contributed by atoms with Crippen molar-refractivity contribution in [1.82, 2.24) is 0 Å². The Labute approximate surface area is 150 Å². The van der Waals surface area contributed by atoms with E-state index in [0.29, 0.717) is 9.52 Å². The molecule has 8 rings (SSSR count). The minimum Gasteiger partial charge on any atom is -0.0625 e. The molecule has 4 aliphatic heterocycles. The van der Waals surface area contributed by atoms with Crippen LogP contribution in [0.2, 0.25) is 0 Å². The molecule has 2 radical (unpaired) electrons. The fourth-order valence-electron chi connectivity index (χ4n) is 3.57. The van der Waals surface area contributed by atoms with Gasteiger partial charge in [-0.05, 0) is 33.4 Å². The van der Waals surface area contributed by atoms with Crippen molar-refractivity contribution in [1.29, 1.82) is 0 Å². The summed E-state index contributed by atoms with van der Waals surface area (Å²) in [7, 11) is 0.698. The second kappa shape index (κ2) is 5.87. The highest BCUT2D eigenvalue weighted by Crippen LogP contribution is 2.37. The summed E-state index contributed by atoms with van der Waals surface area (Å²) in [6.45, 7) is 0. The Balaban J connectivity index is 1.88. The van der Waals surface area contributed by atoms with Gasteiger partial charge in [-0.3, -0.25) is 0 Å². The Morgan fingerprint density at radius 1 is 0.360 bits per heavy atom. The minimum atomic E-state index is 0.698. The van der Waals surface area contributed by atoms with Crippen molar-refractivity contribution in [2.24, 2.45) is 0 Å². The van der Waals surface area contributed by atoms with Crippen molar-refractivity contribution < 1.29 is 0 Å². The first kappa shape index (κ1) is 14.4. The van der Waals surface area contributed by atoms with Gasteiger partial charge in [0.05, 0.1) is 0 Å². The smallest absolute Gasteiger partial charge is 0.0625 e. The molecule has 4 aromatic rings. The van der Waals surface area contributed by atoms with Crippen molar-refractivity contribution in [3.63, 3.8) is 0 Å². The molecule has 0 unspecified atom stereocenters. The summed E-state index contributed by atoms with van der Waals surface area (Å²) in [6.07, 6.45) is 0. The summed E-state index contributed by atoms with van der Waals surface area (Å²) in [5.41, 5.74) is 7.72. The molecule has 25 heavy (non-hydrogen) atoms. The van der Waals surface area contributed by atoms with Gasteiger partial charge in [-0.1, -0.05) is 107 Å². The average molecular weight is 332 g/mol. The van der Waals surface area contributed by atoms with Gasteiger partial charge in [-0.15, -0.1) is 0 Å². The number of rotatable bonds is 0. The van der Waals surface area contributed by atoms with Crippen molar-refractivity contribution in [3.05, 3.63) is 97.1 Å². The van der Waals surface area contributed by atoms with E-state index in [4.69, 9.17) is 0 Å². The average Bonchev–Trinajstić information content (AvgIpc) is 2.71. The molecule has 0 amide bonds. The molecule has 0 nitrogen and oxygen atoms in total. The molecule has 0 spiro atoms. The van der Waals surface area contributed by atoms with Crippen LogP contribution in [0.4, 0.5) is 0 Å². The van der Waals surface area contributed by atoms with Gasteiger partial charge in [0.2, 0.25) is 0 Å². The predicted octanol–water partition coefficient (Wildman–Crippen LogP) is 4.66. The van der Waals surface area contributed by atoms with Crippen molar-refractivity contribution in [2.75, 3.05) is 0 Å². The molecule has 0 aliphatic carbocycles. The highest BCUT2D eigenvalue weighted by molar-refractivity contribution is 6.67. The zero-order valence-corrected chi connectivity index (χ0v) is 14.7. The first-order chi connectivity index (χ1) is 12.4. The Hall–Kier alpha value is -2.90. The fraction of sp³-hybridized carbons (Fsp3) is 0. The first-order valence-corrected chi connectivity index (χ1v) is 9.55. The lowest BCUT2D eigenvalue weighted by Gasteiger charge is -2.14. The SMILES string of the molecule is c1ccc2c(c1)-c1ccc(cc1)[Si]c1ccc(cc1)-c1ccccc1-2. The lowest BCUT2D eigenvalue weighted by molar-refractivity contribution is 1.57. The molecule has 0 aromatic heterocycles. The highest BCUT2D eigenvalue weighted by atomic mass is 28.2. The maximum atomic E-state index is 2.27. The van der Waals surface area contributed by atoms with Crippen LogP contribution < -0.4 is 10.4 Å². The number of benzene rings is 4. The third kappa shape index (κ3) is 2.53. The lowest BCUT2D eigenvalue weighted by atomic mass is 9.89. The molecule has 0 atom stereocenters. The van der Waals surface area contributed by atoms with E-state index in [1.807, 2.05) is 0 Å². The summed E-state index contributed by atoms with van der Waals surface area (Å²) in [5, 5.41) is 2.76. The van der Waals surface area contributed by atoms with Crippen LogP contribution in [0.3, 0.4) is 0 Å². The second-order valence-corrected chi connectivity index (χ2v) is 7.78. The number of hydrogen-bond acceptors (Lipinski definition) is 0. The predicted molar refractivity (Wildman–Crippen MR) is 108 cm³/mol. The molecule has 0 N–H and O–H groups in total. The van der Waals surface area contributed by atoms with E-state index < -0.39 is 0 Å². The van der Waals surface area contributed by atoms with E-state index in [1.165, 1.54) is 43.8 Å². The molecule has 0 fully saturated rings. The van der Waals surface area contributed by atoms with Crippen LogP contribution in [0.25, 0.3) is 33.4 Å². The summed E-state index contributed by atoms with van der Waals surface area (Å²) >= 11 is 0. The van der Waals surface area contributed by atoms with E-state index in [-0.39, 0.29) is 0 Å². The van der Waals surface area contributed by atoms with E-state index in [9.17, 15) is 0 Å². The lowest BCUT2D eigenvalue weighted by Crippen LogP contribution is -2.26. The Morgan fingerprint density at radius 3 is 1.12 bits per heavy atom. The topological polar surface area (TPSA) is 0 Å². The maximum Gasteiger partial charge on any atom is 0.121 e. The molecule has 1 heteroatoms. The van der Waals surface area contributed by atoms with E-state index in [1.54, 1.807) is 0 Å². The van der Waals surface area contributed by atoms with Crippen LogP contribution >= 0.6 is 0 Å². The maximum absolute atomic E-state index is 2.27. The van der Waals surface area contributed by atoms with Crippen LogP contribution in [0.15, 0.2) is 97.1 Å². The molecule has 4 heterocycles. The molecule has 4 bridgehead atoms. The quantitative estimate of drug-likeness (QED) is 0.362. The van der Waals surface area contributed by atoms with E-state index in [2.05, 4.69) is 97.1 Å². The molecule has 0 saturated heterocycles. The van der Waals surface area contributed by atoms with Gasteiger partial charge in [-0.2, -0.15) is 0 Å². The van der Waals surface area contributed by atoms with Crippen molar-refractivity contribution in [2.45, 2.75) is 0 Å². The molecule has 4 aliphatic rings. The minimum absolute atomic E-state index is 0.698. The molecule has 116 valence electrons.